The highest BCUT2D eigenvalue weighted by molar-refractivity contribution is 6.64. The predicted octanol–water partition coefficient (Wildman–Crippen LogP) is 1.47. The van der Waals surface area contributed by atoms with Crippen molar-refractivity contribution in [2.45, 2.75) is 0 Å². The van der Waals surface area contributed by atoms with E-state index in [0.717, 1.165) is 7.70 Å². The van der Waals surface area contributed by atoms with Gasteiger partial charge in [0.25, 0.3) is 0 Å². The van der Waals surface area contributed by atoms with Crippen molar-refractivity contribution in [2.75, 3.05) is 0 Å². The highest BCUT2D eigenvalue weighted by atomic mass is 35.5. The van der Waals surface area contributed by atoms with Crippen LogP contribution in [0.5, 0.6) is 0 Å². The summed E-state index contributed by atoms with van der Waals surface area (Å²) in [6, 6.07) is 0. The van der Waals surface area contributed by atoms with E-state index in [1.807, 2.05) is 0 Å². The lowest BCUT2D eigenvalue weighted by Crippen LogP contribution is -2.15. The molecule has 0 amide bonds. The maximum Gasteiger partial charge on any atom is 0.362 e. The Morgan fingerprint density at radius 3 is 1.14 bits per heavy atom. The summed E-state index contributed by atoms with van der Waals surface area (Å²) in [5.41, 5.74) is 0. The molecule has 0 aromatic rings. The molecule has 0 bridgehead atoms. The zero-order chi connectivity index (χ0) is 5.86. The minimum atomic E-state index is 0.0895. The van der Waals surface area contributed by atoms with Crippen LogP contribution in [0, 0.1) is 0 Å². The summed E-state index contributed by atoms with van der Waals surface area (Å²) in [4.78, 5) is 0. The number of hydrogen-bond donors (Lipinski definition) is 0. The largest absolute Gasteiger partial charge is 0.362 e. The third-order valence-corrected chi connectivity index (χ3v) is 0.641. The molecule has 0 atom stereocenters. The molecule has 0 saturated carbocycles. The first kappa shape index (κ1) is 8.14. The molecule has 0 heterocycles. The van der Waals surface area contributed by atoms with Crippen LogP contribution in [0.15, 0.2) is 0 Å². The quantitative estimate of drug-likeness (QED) is 0.470. The molecule has 0 saturated heterocycles. The van der Waals surface area contributed by atoms with Crippen LogP contribution in [0.1, 0.15) is 0 Å². The van der Waals surface area contributed by atoms with Gasteiger partial charge in [-0.05, 0) is 47.1 Å². The molecule has 0 N–H and O–H groups in total. The molecule has 0 spiro atoms. The number of hydrogen-bond acceptors (Lipinski definition) is 2. The second-order valence-electron chi connectivity index (χ2n) is 0.747. The molecule has 0 unspecified atom stereocenters. The maximum atomic E-state index is 5.06. The first-order valence-electron chi connectivity index (χ1n) is 1.31. The van der Waals surface area contributed by atoms with E-state index < -0.39 is 0 Å². The average Bonchev–Trinajstić information content (AvgIpc) is 1.27. The third kappa shape index (κ3) is 7.14. The maximum absolute atomic E-state index is 5.06. The zero-order valence-electron chi connectivity index (χ0n) is 3.11. The standard InChI is InChI=1S/BCl4HN2/c2-6(3)1-7(4)5/h1H. The summed E-state index contributed by atoms with van der Waals surface area (Å²) >= 11 is 20.2. The Hall–Kier alpha value is 1.14. The fourth-order valence-corrected chi connectivity index (χ4v) is 0.727. The highest BCUT2D eigenvalue weighted by Gasteiger charge is 2.03. The lowest BCUT2D eigenvalue weighted by atomic mass is 10.3. The fourth-order valence-electron chi connectivity index (χ4n) is 0.0808. The van der Waals surface area contributed by atoms with Crippen molar-refractivity contribution in [1.29, 1.82) is 0 Å². The van der Waals surface area contributed by atoms with Crippen molar-refractivity contribution < 1.29 is 0 Å². The lowest BCUT2D eigenvalue weighted by Gasteiger charge is -2.01. The third-order valence-electron chi connectivity index (χ3n) is 0.214. The van der Waals surface area contributed by atoms with Crippen LogP contribution in [-0.4, -0.2) is 15.2 Å². The Kier molecular flexibility index (Phi) is 4.73. The monoisotopic (exact) mass is 180 g/mol. The van der Waals surface area contributed by atoms with Gasteiger partial charge in [-0.3, -0.25) is 0 Å². The molecule has 42 valence electrons. The van der Waals surface area contributed by atoms with E-state index in [4.69, 9.17) is 47.1 Å². The second-order valence-corrected chi connectivity index (χ2v) is 2.73. The SMILES string of the molecule is ClN(Cl)BN(Cl)Cl. The van der Waals surface area contributed by atoms with Gasteiger partial charge in [0.1, 0.15) is 0 Å². The lowest BCUT2D eigenvalue weighted by molar-refractivity contribution is 1.01. The minimum absolute atomic E-state index is 0.0895. The van der Waals surface area contributed by atoms with E-state index in [-0.39, 0.29) is 7.55 Å². The van der Waals surface area contributed by atoms with Gasteiger partial charge in [-0.1, -0.05) is 0 Å². The molecule has 0 aromatic heterocycles. The van der Waals surface area contributed by atoms with Crippen molar-refractivity contribution in [1.82, 2.24) is 7.70 Å². The molecule has 7 heteroatoms. The minimum Gasteiger partial charge on any atom is -0.158 e. The van der Waals surface area contributed by atoms with Crippen molar-refractivity contribution in [2.24, 2.45) is 0 Å². The summed E-state index contributed by atoms with van der Waals surface area (Å²) in [6.07, 6.45) is 0. The van der Waals surface area contributed by atoms with E-state index in [0.29, 0.717) is 0 Å². The zero-order valence-corrected chi connectivity index (χ0v) is 6.14. The fraction of sp³-hybridized carbons (Fsp3) is 0. The molecule has 2 nitrogen and oxygen atoms in total. The van der Waals surface area contributed by atoms with Crippen LogP contribution in [0.25, 0.3) is 0 Å². The van der Waals surface area contributed by atoms with Crippen LogP contribution >= 0.6 is 47.1 Å². The van der Waals surface area contributed by atoms with Gasteiger partial charge in [0.15, 0.2) is 0 Å². The van der Waals surface area contributed by atoms with Gasteiger partial charge in [-0.2, -0.15) is 7.70 Å². The molecule has 0 aliphatic carbocycles. The summed E-state index contributed by atoms with van der Waals surface area (Å²) < 4.78 is 1.61. The normalized spacial score (nSPS) is 10.6. The molecular formula is HBCl4N2. The molecule has 0 radical (unpaired) electrons. The number of nitrogens with zero attached hydrogens (tertiary/aromatic N) is 2. The molecule has 7 heavy (non-hydrogen) atoms. The molecule has 0 aliphatic heterocycles. The van der Waals surface area contributed by atoms with Crippen molar-refractivity contribution >= 4 is 54.7 Å². The Balaban J connectivity index is 2.95. The molecule has 0 aromatic carbocycles. The molecule has 0 aliphatic rings. The summed E-state index contributed by atoms with van der Waals surface area (Å²) in [7, 11) is 0.0895. The highest BCUT2D eigenvalue weighted by Crippen LogP contribution is 2.02. The summed E-state index contributed by atoms with van der Waals surface area (Å²) in [5, 5.41) is 0. The van der Waals surface area contributed by atoms with E-state index in [2.05, 4.69) is 0 Å². The van der Waals surface area contributed by atoms with Crippen LogP contribution < -0.4 is 0 Å². The number of halogens is 4. The smallest absolute Gasteiger partial charge is 0.158 e. The Bertz CT molecular complexity index is 39.0. The van der Waals surface area contributed by atoms with Crippen LogP contribution in [0.2, 0.25) is 0 Å². The second kappa shape index (κ2) is 4.07. The van der Waals surface area contributed by atoms with E-state index in [1.54, 1.807) is 0 Å². The summed E-state index contributed by atoms with van der Waals surface area (Å²) in [6.45, 7) is 0. The van der Waals surface area contributed by atoms with Gasteiger partial charge in [0.2, 0.25) is 0 Å². The van der Waals surface area contributed by atoms with Gasteiger partial charge < -0.3 is 0 Å². The average molecular weight is 182 g/mol. The van der Waals surface area contributed by atoms with Gasteiger partial charge in [0, 0.05) is 0 Å². The van der Waals surface area contributed by atoms with Crippen molar-refractivity contribution in [3.63, 3.8) is 0 Å². The molecule has 0 fully saturated rings. The number of rotatable bonds is 2. The summed E-state index contributed by atoms with van der Waals surface area (Å²) in [5.74, 6) is 0. The van der Waals surface area contributed by atoms with Crippen LogP contribution in [-0.2, 0) is 0 Å². The first-order valence-corrected chi connectivity index (χ1v) is 2.66. The van der Waals surface area contributed by atoms with Crippen molar-refractivity contribution in [3.8, 4) is 0 Å². The van der Waals surface area contributed by atoms with Gasteiger partial charge >= 0.3 is 7.55 Å². The Labute approximate surface area is 62.6 Å². The van der Waals surface area contributed by atoms with Gasteiger partial charge in [-0.15, -0.1) is 0 Å². The van der Waals surface area contributed by atoms with Gasteiger partial charge in [0.05, 0.1) is 0 Å². The van der Waals surface area contributed by atoms with Crippen LogP contribution in [0.4, 0.5) is 0 Å². The topological polar surface area (TPSA) is 6.48 Å². The van der Waals surface area contributed by atoms with E-state index in [1.165, 1.54) is 0 Å². The predicted molar refractivity (Wildman–Crippen MR) is 34.2 cm³/mol. The molecular weight excluding hydrogens is 181 g/mol. The first-order chi connectivity index (χ1) is 3.13. The van der Waals surface area contributed by atoms with Crippen LogP contribution in [0.3, 0.4) is 0 Å². The Morgan fingerprint density at radius 1 is 0.857 bits per heavy atom. The Morgan fingerprint density at radius 2 is 1.14 bits per heavy atom. The van der Waals surface area contributed by atoms with E-state index >= 15 is 0 Å². The van der Waals surface area contributed by atoms with Crippen molar-refractivity contribution in [3.05, 3.63) is 0 Å². The van der Waals surface area contributed by atoms with E-state index in [9.17, 15) is 0 Å². The van der Waals surface area contributed by atoms with Gasteiger partial charge in [-0.25, -0.2) is 0 Å². The molecule has 0 rings (SSSR count).